The van der Waals surface area contributed by atoms with Crippen LogP contribution in [0.15, 0.2) is 0 Å². The van der Waals surface area contributed by atoms with E-state index in [1.54, 1.807) is 0 Å². The summed E-state index contributed by atoms with van der Waals surface area (Å²) in [5.41, 5.74) is -4.60. The molecule has 2 nitrogen and oxygen atoms in total. The third-order valence-electron chi connectivity index (χ3n) is 3.42. The zero-order valence-electron chi connectivity index (χ0n) is 13.9. The molecule has 0 aliphatic rings. The van der Waals surface area contributed by atoms with E-state index in [9.17, 15) is 48.3 Å². The second kappa shape index (κ2) is 8.05. The van der Waals surface area contributed by atoms with Gasteiger partial charge in [-0.05, 0) is 6.92 Å². The lowest BCUT2D eigenvalue weighted by Crippen LogP contribution is -2.29. The summed E-state index contributed by atoms with van der Waals surface area (Å²) in [6.45, 7) is -1.38. The van der Waals surface area contributed by atoms with Gasteiger partial charge in [-0.15, -0.1) is 0 Å². The summed E-state index contributed by atoms with van der Waals surface area (Å²) in [6.07, 6.45) is -4.14. The fraction of sp³-hybridized carbons (Fsp3) is 0.250. The molecular formula is C16H7F11O2. The molecule has 0 saturated heterocycles. The minimum absolute atomic E-state index is 0.580. The third kappa shape index (κ3) is 3.95. The van der Waals surface area contributed by atoms with Gasteiger partial charge in [-0.1, -0.05) is 0 Å². The van der Waals surface area contributed by atoms with E-state index < -0.39 is 88.6 Å². The van der Waals surface area contributed by atoms with Gasteiger partial charge in [-0.3, -0.25) is 0 Å². The van der Waals surface area contributed by atoms with Gasteiger partial charge in [0.2, 0.25) is 17.5 Å². The average Bonchev–Trinajstić information content (AvgIpc) is 2.65. The second-order valence-corrected chi connectivity index (χ2v) is 5.26. The molecule has 0 spiro atoms. The van der Waals surface area contributed by atoms with Crippen LogP contribution in [0, 0.1) is 52.4 Å². The zero-order chi connectivity index (χ0) is 22.3. The molecule has 2 rings (SSSR count). The number of ether oxygens (including phenoxy) is 2. The molecule has 0 atom stereocenters. The summed E-state index contributed by atoms with van der Waals surface area (Å²) in [4.78, 5) is 0. The van der Waals surface area contributed by atoms with Gasteiger partial charge in [0.25, 0.3) is 0 Å². The van der Waals surface area contributed by atoms with Gasteiger partial charge in [0.15, 0.2) is 47.3 Å². The minimum atomic E-state index is -4.14. The Labute approximate surface area is 154 Å². The summed E-state index contributed by atoms with van der Waals surface area (Å²) in [5.74, 6) is -26.0. The summed E-state index contributed by atoms with van der Waals surface area (Å²) < 4.78 is 157. The standard InChI is InChI=1S/C16H7F11O2/c1-2-29-16(26,27)3-28-15-13(24)8(19)5(9(20)14(15)25)4-6(17)10(21)12(23)11(22)7(4)18/h2-3H2,1H3. The first kappa shape index (κ1) is 22.7. The van der Waals surface area contributed by atoms with Crippen molar-refractivity contribution in [2.45, 2.75) is 13.0 Å². The summed E-state index contributed by atoms with van der Waals surface area (Å²) in [6, 6.07) is 0. The van der Waals surface area contributed by atoms with Gasteiger partial charge >= 0.3 is 6.11 Å². The van der Waals surface area contributed by atoms with Crippen molar-refractivity contribution in [2.75, 3.05) is 13.2 Å². The van der Waals surface area contributed by atoms with E-state index in [4.69, 9.17) is 0 Å². The number of halogens is 11. The van der Waals surface area contributed by atoms with Crippen LogP contribution in [-0.2, 0) is 4.74 Å². The van der Waals surface area contributed by atoms with Crippen LogP contribution in [-0.4, -0.2) is 19.3 Å². The first-order valence-electron chi connectivity index (χ1n) is 7.38. The molecule has 0 unspecified atom stereocenters. The van der Waals surface area contributed by atoms with Gasteiger partial charge in [0.1, 0.15) is 0 Å². The highest BCUT2D eigenvalue weighted by atomic mass is 19.3. The van der Waals surface area contributed by atoms with Gasteiger partial charge in [-0.25, -0.2) is 30.7 Å². The molecule has 0 amide bonds. The molecule has 13 heteroatoms. The Bertz CT molecular complexity index is 901. The van der Waals surface area contributed by atoms with Crippen molar-refractivity contribution >= 4 is 0 Å². The highest BCUT2D eigenvalue weighted by Gasteiger charge is 2.37. The lowest BCUT2D eigenvalue weighted by atomic mass is 10.0. The smallest absolute Gasteiger partial charge is 0.389 e. The van der Waals surface area contributed by atoms with Crippen molar-refractivity contribution in [2.24, 2.45) is 0 Å². The Balaban J connectivity index is 2.68. The Kier molecular flexibility index (Phi) is 6.30. The normalized spacial score (nSPS) is 11.9. The van der Waals surface area contributed by atoms with Crippen LogP contribution >= 0.6 is 0 Å². The summed E-state index contributed by atoms with van der Waals surface area (Å²) in [5, 5.41) is 0. The molecule has 160 valence electrons. The first-order chi connectivity index (χ1) is 13.4. The lowest BCUT2D eigenvalue weighted by Gasteiger charge is -2.18. The Morgan fingerprint density at radius 2 is 0.931 bits per heavy atom. The Hall–Kier alpha value is -2.57. The number of hydrogen-bond acceptors (Lipinski definition) is 2. The van der Waals surface area contributed by atoms with Gasteiger partial charge in [-0.2, -0.15) is 17.6 Å². The fourth-order valence-electron chi connectivity index (χ4n) is 2.19. The van der Waals surface area contributed by atoms with Gasteiger partial charge in [0, 0.05) is 0 Å². The minimum Gasteiger partial charge on any atom is -0.478 e. The van der Waals surface area contributed by atoms with Crippen molar-refractivity contribution in [3.8, 4) is 16.9 Å². The molecule has 0 aliphatic heterocycles. The van der Waals surface area contributed by atoms with Crippen molar-refractivity contribution in [1.82, 2.24) is 0 Å². The molecule has 0 N–H and O–H groups in total. The molecular weight excluding hydrogens is 433 g/mol. The molecule has 0 radical (unpaired) electrons. The predicted molar refractivity (Wildman–Crippen MR) is 73.6 cm³/mol. The van der Waals surface area contributed by atoms with E-state index in [2.05, 4.69) is 9.47 Å². The largest absolute Gasteiger partial charge is 0.478 e. The van der Waals surface area contributed by atoms with Crippen LogP contribution in [0.3, 0.4) is 0 Å². The zero-order valence-corrected chi connectivity index (χ0v) is 13.9. The SMILES string of the molecule is CCOC(F)(F)COc1c(F)c(F)c(-c2c(F)c(F)c(F)c(F)c2F)c(F)c1F. The molecule has 2 aromatic carbocycles. The molecule has 29 heavy (non-hydrogen) atoms. The predicted octanol–water partition coefficient (Wildman–Crippen LogP) is 5.61. The number of benzene rings is 2. The quantitative estimate of drug-likeness (QED) is 0.330. The molecule has 0 aliphatic carbocycles. The van der Waals surface area contributed by atoms with E-state index in [0.29, 0.717) is 0 Å². The first-order valence-corrected chi connectivity index (χ1v) is 7.38. The topological polar surface area (TPSA) is 18.5 Å². The monoisotopic (exact) mass is 440 g/mol. The van der Waals surface area contributed by atoms with Crippen LogP contribution in [0.2, 0.25) is 0 Å². The van der Waals surface area contributed by atoms with Crippen LogP contribution in [0.25, 0.3) is 11.1 Å². The number of rotatable bonds is 6. The van der Waals surface area contributed by atoms with Gasteiger partial charge in [0.05, 0.1) is 17.7 Å². The van der Waals surface area contributed by atoms with Crippen LogP contribution in [0.1, 0.15) is 6.92 Å². The summed E-state index contributed by atoms with van der Waals surface area (Å²) >= 11 is 0. The van der Waals surface area contributed by atoms with Crippen molar-refractivity contribution in [1.29, 1.82) is 0 Å². The lowest BCUT2D eigenvalue weighted by molar-refractivity contribution is -0.250. The van der Waals surface area contributed by atoms with E-state index in [0.717, 1.165) is 6.92 Å². The van der Waals surface area contributed by atoms with Crippen LogP contribution < -0.4 is 4.74 Å². The number of alkyl halides is 2. The van der Waals surface area contributed by atoms with E-state index >= 15 is 0 Å². The fourth-order valence-corrected chi connectivity index (χ4v) is 2.19. The maximum absolute atomic E-state index is 14.1. The molecule has 0 bridgehead atoms. The summed E-state index contributed by atoms with van der Waals surface area (Å²) in [7, 11) is 0. The highest BCUT2D eigenvalue weighted by Crippen LogP contribution is 2.40. The third-order valence-corrected chi connectivity index (χ3v) is 3.42. The van der Waals surface area contributed by atoms with E-state index in [1.165, 1.54) is 0 Å². The van der Waals surface area contributed by atoms with Crippen molar-refractivity contribution in [3.63, 3.8) is 0 Å². The molecule has 0 heterocycles. The molecule has 0 saturated carbocycles. The van der Waals surface area contributed by atoms with Crippen molar-refractivity contribution in [3.05, 3.63) is 52.4 Å². The number of hydrogen-bond donors (Lipinski definition) is 0. The van der Waals surface area contributed by atoms with Crippen LogP contribution in [0.5, 0.6) is 5.75 Å². The van der Waals surface area contributed by atoms with E-state index in [-0.39, 0.29) is 0 Å². The van der Waals surface area contributed by atoms with Gasteiger partial charge < -0.3 is 9.47 Å². The maximum atomic E-state index is 14.1. The Morgan fingerprint density at radius 1 is 0.586 bits per heavy atom. The Morgan fingerprint density at radius 3 is 1.31 bits per heavy atom. The molecule has 2 aromatic rings. The van der Waals surface area contributed by atoms with Crippen LogP contribution in [0.4, 0.5) is 48.3 Å². The average molecular weight is 440 g/mol. The van der Waals surface area contributed by atoms with E-state index in [1.807, 2.05) is 0 Å². The second-order valence-electron chi connectivity index (χ2n) is 5.26. The maximum Gasteiger partial charge on any atom is 0.389 e. The van der Waals surface area contributed by atoms with Crippen molar-refractivity contribution < 1.29 is 57.8 Å². The molecule has 0 aromatic heterocycles. The highest BCUT2D eigenvalue weighted by molar-refractivity contribution is 5.68. The molecule has 0 fully saturated rings.